The van der Waals surface area contributed by atoms with Crippen molar-refractivity contribution in [1.29, 1.82) is 0 Å². The van der Waals surface area contributed by atoms with Gasteiger partial charge in [-0.25, -0.2) is 4.79 Å². The molecule has 0 spiro atoms. The van der Waals surface area contributed by atoms with E-state index in [2.05, 4.69) is 12.2 Å². The van der Waals surface area contributed by atoms with Crippen molar-refractivity contribution >= 4 is 6.09 Å². The Kier molecular flexibility index (Phi) is 6.09. The molecule has 5 heteroatoms. The van der Waals surface area contributed by atoms with Crippen LogP contribution in [-0.4, -0.2) is 55.0 Å². The number of hydrogen-bond acceptors (Lipinski definition) is 4. The molecule has 22 heavy (non-hydrogen) atoms. The third kappa shape index (κ3) is 6.13. The normalized spacial score (nSPS) is 21.7. The molecule has 1 amide bonds. The first-order chi connectivity index (χ1) is 10.3. The van der Waals surface area contributed by atoms with Gasteiger partial charge >= 0.3 is 6.09 Å². The molecule has 1 aliphatic carbocycles. The number of carbonyl (C=O) groups is 1. The molecular weight excluding hydrogens is 280 g/mol. The number of nitrogens with zero attached hydrogens (tertiary/aromatic N) is 1. The fraction of sp³-hybridized carbons (Fsp3) is 0.941. The second kappa shape index (κ2) is 7.64. The average molecular weight is 312 g/mol. The standard InChI is InChI=1S/C17H32N2O3/c1-13(14-5-6-14)18-9-12-21-15-7-10-19(11-8-15)16(20)22-17(2,3)4/h13-15,18H,5-12H2,1-4H3. The highest BCUT2D eigenvalue weighted by molar-refractivity contribution is 5.68. The van der Waals surface area contributed by atoms with E-state index in [0.29, 0.717) is 6.04 Å². The molecule has 128 valence electrons. The molecule has 1 aliphatic heterocycles. The van der Waals surface area contributed by atoms with E-state index in [1.54, 1.807) is 4.90 Å². The summed E-state index contributed by atoms with van der Waals surface area (Å²) in [6, 6.07) is 0.623. The van der Waals surface area contributed by atoms with Crippen LogP contribution < -0.4 is 5.32 Å². The highest BCUT2D eigenvalue weighted by atomic mass is 16.6. The summed E-state index contributed by atoms with van der Waals surface area (Å²) in [4.78, 5) is 13.8. The average Bonchev–Trinajstić information content (AvgIpc) is 3.26. The molecule has 2 rings (SSSR count). The van der Waals surface area contributed by atoms with E-state index >= 15 is 0 Å². The lowest BCUT2D eigenvalue weighted by atomic mass is 10.1. The van der Waals surface area contributed by atoms with Crippen LogP contribution in [0.5, 0.6) is 0 Å². The second-order valence-corrected chi connectivity index (χ2v) is 7.62. The van der Waals surface area contributed by atoms with Gasteiger partial charge in [-0.15, -0.1) is 0 Å². The van der Waals surface area contributed by atoms with E-state index in [0.717, 1.165) is 45.0 Å². The van der Waals surface area contributed by atoms with Gasteiger partial charge in [0.2, 0.25) is 0 Å². The van der Waals surface area contributed by atoms with E-state index in [1.807, 2.05) is 20.8 Å². The lowest BCUT2D eigenvalue weighted by Gasteiger charge is -2.33. The first-order valence-electron chi connectivity index (χ1n) is 8.68. The summed E-state index contributed by atoms with van der Waals surface area (Å²) < 4.78 is 11.3. The maximum Gasteiger partial charge on any atom is 0.410 e. The Morgan fingerprint density at radius 3 is 2.41 bits per heavy atom. The Morgan fingerprint density at radius 2 is 1.86 bits per heavy atom. The molecule has 1 heterocycles. The van der Waals surface area contributed by atoms with Crippen LogP contribution in [0.2, 0.25) is 0 Å². The van der Waals surface area contributed by atoms with Crippen LogP contribution in [0.15, 0.2) is 0 Å². The monoisotopic (exact) mass is 312 g/mol. The fourth-order valence-electron chi connectivity index (χ4n) is 2.81. The summed E-state index contributed by atoms with van der Waals surface area (Å²) in [7, 11) is 0. The Morgan fingerprint density at radius 1 is 1.23 bits per heavy atom. The van der Waals surface area contributed by atoms with Crippen molar-refractivity contribution in [2.75, 3.05) is 26.2 Å². The summed E-state index contributed by atoms with van der Waals surface area (Å²) >= 11 is 0. The molecule has 1 unspecified atom stereocenters. The first kappa shape index (κ1) is 17.5. The van der Waals surface area contributed by atoms with Crippen LogP contribution in [0.3, 0.4) is 0 Å². The minimum atomic E-state index is -0.422. The van der Waals surface area contributed by atoms with E-state index < -0.39 is 5.60 Å². The second-order valence-electron chi connectivity index (χ2n) is 7.62. The van der Waals surface area contributed by atoms with Gasteiger partial charge in [0, 0.05) is 25.7 Å². The minimum Gasteiger partial charge on any atom is -0.444 e. The molecule has 0 aromatic heterocycles. The highest BCUT2D eigenvalue weighted by Gasteiger charge is 2.28. The van der Waals surface area contributed by atoms with Gasteiger partial charge in [0.1, 0.15) is 5.60 Å². The molecule has 2 aliphatic rings. The van der Waals surface area contributed by atoms with Gasteiger partial charge in [-0.3, -0.25) is 0 Å². The van der Waals surface area contributed by atoms with Gasteiger partial charge in [-0.1, -0.05) is 0 Å². The van der Waals surface area contributed by atoms with E-state index in [9.17, 15) is 4.79 Å². The quantitative estimate of drug-likeness (QED) is 0.766. The van der Waals surface area contributed by atoms with Crippen LogP contribution in [0.1, 0.15) is 53.4 Å². The number of likely N-dealkylation sites (tertiary alicyclic amines) is 1. The molecule has 1 N–H and O–H groups in total. The minimum absolute atomic E-state index is 0.203. The molecule has 5 nitrogen and oxygen atoms in total. The summed E-state index contributed by atoms with van der Waals surface area (Å²) in [5.74, 6) is 0.886. The zero-order valence-corrected chi connectivity index (χ0v) is 14.6. The zero-order valence-electron chi connectivity index (χ0n) is 14.6. The molecule has 0 aromatic rings. The van der Waals surface area contributed by atoms with Crippen LogP contribution in [0.25, 0.3) is 0 Å². The van der Waals surface area contributed by atoms with Crippen molar-refractivity contribution < 1.29 is 14.3 Å². The Labute approximate surface area is 134 Å². The lowest BCUT2D eigenvalue weighted by Crippen LogP contribution is -2.43. The largest absolute Gasteiger partial charge is 0.444 e. The maximum atomic E-state index is 12.0. The van der Waals surface area contributed by atoms with Gasteiger partial charge < -0.3 is 19.7 Å². The van der Waals surface area contributed by atoms with Crippen molar-refractivity contribution in [2.45, 2.75) is 71.1 Å². The number of nitrogens with one attached hydrogen (secondary N) is 1. The fourth-order valence-corrected chi connectivity index (χ4v) is 2.81. The summed E-state index contributed by atoms with van der Waals surface area (Å²) in [5, 5.41) is 3.53. The van der Waals surface area contributed by atoms with Crippen LogP contribution in [0.4, 0.5) is 4.79 Å². The van der Waals surface area contributed by atoms with Gasteiger partial charge in [-0.2, -0.15) is 0 Å². The maximum absolute atomic E-state index is 12.0. The highest BCUT2D eigenvalue weighted by Crippen LogP contribution is 2.32. The molecular formula is C17H32N2O3. The molecule has 0 aromatic carbocycles. The van der Waals surface area contributed by atoms with Gasteiger partial charge in [0.15, 0.2) is 0 Å². The Hall–Kier alpha value is -0.810. The molecule has 1 saturated heterocycles. The van der Waals surface area contributed by atoms with Crippen LogP contribution in [-0.2, 0) is 9.47 Å². The van der Waals surface area contributed by atoms with Crippen molar-refractivity contribution in [3.8, 4) is 0 Å². The van der Waals surface area contributed by atoms with Crippen molar-refractivity contribution in [2.24, 2.45) is 5.92 Å². The van der Waals surface area contributed by atoms with E-state index in [4.69, 9.17) is 9.47 Å². The van der Waals surface area contributed by atoms with E-state index in [1.165, 1.54) is 12.8 Å². The summed E-state index contributed by atoms with van der Waals surface area (Å²) in [6.45, 7) is 11.1. The number of rotatable bonds is 6. The SMILES string of the molecule is CC(NCCOC1CCN(C(=O)OC(C)(C)C)CC1)C1CC1. The Balaban J connectivity index is 1.55. The number of ether oxygens (including phenoxy) is 2. The van der Waals surface area contributed by atoms with E-state index in [-0.39, 0.29) is 12.2 Å². The molecule has 0 radical (unpaired) electrons. The Bertz CT molecular complexity index is 355. The zero-order chi connectivity index (χ0) is 16.2. The van der Waals surface area contributed by atoms with Gasteiger partial charge in [-0.05, 0) is 59.3 Å². The predicted molar refractivity (Wildman–Crippen MR) is 87.0 cm³/mol. The number of carbonyl (C=O) groups excluding carboxylic acids is 1. The van der Waals surface area contributed by atoms with Gasteiger partial charge in [0.05, 0.1) is 12.7 Å². The van der Waals surface area contributed by atoms with Crippen LogP contribution in [0, 0.1) is 5.92 Å². The van der Waals surface area contributed by atoms with Crippen LogP contribution >= 0.6 is 0 Å². The van der Waals surface area contributed by atoms with Crippen molar-refractivity contribution in [1.82, 2.24) is 10.2 Å². The third-order valence-corrected chi connectivity index (χ3v) is 4.34. The smallest absolute Gasteiger partial charge is 0.410 e. The third-order valence-electron chi connectivity index (χ3n) is 4.34. The number of hydrogen-bond donors (Lipinski definition) is 1. The summed E-state index contributed by atoms with van der Waals surface area (Å²) in [5.41, 5.74) is -0.422. The predicted octanol–water partition coefficient (Wildman–Crippen LogP) is 2.79. The molecule has 2 fully saturated rings. The summed E-state index contributed by atoms with van der Waals surface area (Å²) in [6.07, 6.45) is 4.62. The topological polar surface area (TPSA) is 50.8 Å². The molecule has 0 bridgehead atoms. The number of amides is 1. The lowest BCUT2D eigenvalue weighted by molar-refractivity contribution is -0.0108. The van der Waals surface area contributed by atoms with Gasteiger partial charge in [0.25, 0.3) is 0 Å². The number of piperidine rings is 1. The van der Waals surface area contributed by atoms with Crippen molar-refractivity contribution in [3.05, 3.63) is 0 Å². The van der Waals surface area contributed by atoms with Crippen molar-refractivity contribution in [3.63, 3.8) is 0 Å². The molecule has 1 atom stereocenters. The molecule has 1 saturated carbocycles. The first-order valence-corrected chi connectivity index (χ1v) is 8.68.